The molecule has 3 heterocycles. The largest absolute Gasteiger partial charge is 0.352 e. The maximum atomic E-state index is 4.57. The van der Waals surface area contributed by atoms with Crippen LogP contribution in [0.25, 0.3) is 0 Å². The highest BCUT2D eigenvalue weighted by atomic mass is 15.4. The van der Waals surface area contributed by atoms with Crippen LogP contribution in [0.4, 0.5) is 17.7 Å². The van der Waals surface area contributed by atoms with Crippen molar-refractivity contribution in [2.45, 2.75) is 26.3 Å². The van der Waals surface area contributed by atoms with Crippen molar-refractivity contribution in [3.63, 3.8) is 0 Å². The van der Waals surface area contributed by atoms with E-state index in [1.54, 1.807) is 18.6 Å². The molecule has 0 spiro atoms. The van der Waals surface area contributed by atoms with Crippen LogP contribution in [-0.2, 0) is 0 Å². The SMILES string of the molecule is CCC(C)Nc1nncc(N2CCN(c3ncccn3)CC2)n1. The molecule has 122 valence electrons. The molecule has 8 heteroatoms. The second-order valence-electron chi connectivity index (χ2n) is 5.61. The lowest BCUT2D eigenvalue weighted by Crippen LogP contribution is -2.47. The maximum Gasteiger partial charge on any atom is 0.244 e. The van der Waals surface area contributed by atoms with E-state index < -0.39 is 0 Å². The molecule has 1 N–H and O–H groups in total. The van der Waals surface area contributed by atoms with Gasteiger partial charge in [0.1, 0.15) is 0 Å². The van der Waals surface area contributed by atoms with Crippen molar-refractivity contribution in [3.05, 3.63) is 24.7 Å². The first-order valence-corrected chi connectivity index (χ1v) is 7.99. The Balaban J connectivity index is 1.62. The van der Waals surface area contributed by atoms with Gasteiger partial charge in [-0.2, -0.15) is 10.1 Å². The molecule has 1 aliphatic rings. The highest BCUT2D eigenvalue weighted by molar-refractivity contribution is 5.43. The molecule has 1 aliphatic heterocycles. The molecule has 1 saturated heterocycles. The first-order chi connectivity index (χ1) is 11.3. The Morgan fingerprint density at radius 3 is 2.52 bits per heavy atom. The van der Waals surface area contributed by atoms with Gasteiger partial charge in [0.05, 0.1) is 6.20 Å². The standard InChI is InChI=1S/C15H22N8/c1-3-12(2)19-14-20-13(11-18-21-14)22-7-9-23(10-8-22)15-16-5-4-6-17-15/h4-6,11-12H,3,7-10H2,1-2H3,(H,19,20,21). The molecule has 3 rings (SSSR count). The topological polar surface area (TPSA) is 83.0 Å². The van der Waals surface area contributed by atoms with Gasteiger partial charge in [-0.1, -0.05) is 6.92 Å². The summed E-state index contributed by atoms with van der Waals surface area (Å²) in [6.07, 6.45) is 6.28. The molecule has 0 aromatic carbocycles. The minimum Gasteiger partial charge on any atom is -0.352 e. The van der Waals surface area contributed by atoms with Gasteiger partial charge in [-0.15, -0.1) is 5.10 Å². The number of aromatic nitrogens is 5. The molecule has 1 unspecified atom stereocenters. The van der Waals surface area contributed by atoms with E-state index in [-0.39, 0.29) is 0 Å². The van der Waals surface area contributed by atoms with Crippen LogP contribution in [0.5, 0.6) is 0 Å². The van der Waals surface area contributed by atoms with Crippen molar-refractivity contribution in [2.24, 2.45) is 0 Å². The summed E-state index contributed by atoms with van der Waals surface area (Å²) in [6, 6.07) is 2.16. The van der Waals surface area contributed by atoms with Crippen molar-refractivity contribution < 1.29 is 0 Å². The summed E-state index contributed by atoms with van der Waals surface area (Å²) >= 11 is 0. The third kappa shape index (κ3) is 3.82. The summed E-state index contributed by atoms with van der Waals surface area (Å²) in [5.41, 5.74) is 0. The van der Waals surface area contributed by atoms with Crippen LogP contribution in [0.3, 0.4) is 0 Å². The molecule has 1 atom stereocenters. The normalized spacial score (nSPS) is 16.3. The van der Waals surface area contributed by atoms with Gasteiger partial charge in [0.25, 0.3) is 0 Å². The summed E-state index contributed by atoms with van der Waals surface area (Å²) in [5.74, 6) is 2.23. The zero-order chi connectivity index (χ0) is 16.1. The van der Waals surface area contributed by atoms with Crippen molar-refractivity contribution in [2.75, 3.05) is 41.3 Å². The fourth-order valence-corrected chi connectivity index (χ4v) is 2.42. The summed E-state index contributed by atoms with van der Waals surface area (Å²) in [4.78, 5) is 17.6. The fraction of sp³-hybridized carbons (Fsp3) is 0.533. The summed E-state index contributed by atoms with van der Waals surface area (Å²) in [6.45, 7) is 7.68. The minimum absolute atomic E-state index is 0.333. The van der Waals surface area contributed by atoms with Crippen LogP contribution >= 0.6 is 0 Å². The van der Waals surface area contributed by atoms with Crippen molar-refractivity contribution in [1.29, 1.82) is 0 Å². The molecule has 0 aliphatic carbocycles. The highest BCUT2D eigenvalue weighted by Crippen LogP contribution is 2.16. The maximum absolute atomic E-state index is 4.57. The molecule has 0 saturated carbocycles. The molecular formula is C15H22N8. The summed E-state index contributed by atoms with van der Waals surface area (Å²) in [7, 11) is 0. The lowest BCUT2D eigenvalue weighted by molar-refractivity contribution is 0.631. The number of anilines is 3. The molecule has 0 amide bonds. The third-order valence-corrected chi connectivity index (χ3v) is 3.97. The third-order valence-electron chi connectivity index (χ3n) is 3.97. The predicted molar refractivity (Wildman–Crippen MR) is 89.7 cm³/mol. The van der Waals surface area contributed by atoms with E-state index in [1.807, 2.05) is 6.07 Å². The Morgan fingerprint density at radius 1 is 1.13 bits per heavy atom. The monoisotopic (exact) mass is 314 g/mol. The number of rotatable bonds is 5. The fourth-order valence-electron chi connectivity index (χ4n) is 2.42. The highest BCUT2D eigenvalue weighted by Gasteiger charge is 2.20. The van der Waals surface area contributed by atoms with E-state index in [1.165, 1.54) is 0 Å². The average Bonchev–Trinajstić information content (AvgIpc) is 2.63. The van der Waals surface area contributed by atoms with Gasteiger partial charge in [0.2, 0.25) is 11.9 Å². The minimum atomic E-state index is 0.333. The van der Waals surface area contributed by atoms with E-state index >= 15 is 0 Å². The number of nitrogens with one attached hydrogen (secondary N) is 1. The summed E-state index contributed by atoms with van der Waals surface area (Å²) in [5, 5.41) is 11.4. The second kappa shape index (κ2) is 7.17. The lowest BCUT2D eigenvalue weighted by Gasteiger charge is -2.35. The Labute approximate surface area is 136 Å². The van der Waals surface area contributed by atoms with E-state index in [0.717, 1.165) is 44.4 Å². The number of piperazine rings is 1. The number of nitrogens with zero attached hydrogens (tertiary/aromatic N) is 7. The van der Waals surface area contributed by atoms with E-state index in [0.29, 0.717) is 12.0 Å². The first kappa shape index (κ1) is 15.4. The Bertz CT molecular complexity index is 612. The molecule has 2 aromatic heterocycles. The molecule has 2 aromatic rings. The van der Waals surface area contributed by atoms with Gasteiger partial charge in [-0.3, -0.25) is 0 Å². The van der Waals surface area contributed by atoms with Crippen LogP contribution in [0.15, 0.2) is 24.7 Å². The van der Waals surface area contributed by atoms with Gasteiger partial charge < -0.3 is 15.1 Å². The van der Waals surface area contributed by atoms with Gasteiger partial charge in [-0.25, -0.2) is 9.97 Å². The first-order valence-electron chi connectivity index (χ1n) is 7.99. The quantitative estimate of drug-likeness (QED) is 0.881. The van der Waals surface area contributed by atoms with E-state index in [4.69, 9.17) is 0 Å². The smallest absolute Gasteiger partial charge is 0.244 e. The molecule has 1 fully saturated rings. The Hall–Kier alpha value is -2.51. The van der Waals surface area contributed by atoms with Crippen LogP contribution in [0.1, 0.15) is 20.3 Å². The van der Waals surface area contributed by atoms with Gasteiger partial charge >= 0.3 is 0 Å². The van der Waals surface area contributed by atoms with Crippen molar-refractivity contribution >= 4 is 17.7 Å². The second-order valence-corrected chi connectivity index (χ2v) is 5.61. The summed E-state index contributed by atoms with van der Waals surface area (Å²) < 4.78 is 0. The molecule has 8 nitrogen and oxygen atoms in total. The van der Waals surface area contributed by atoms with Gasteiger partial charge in [0, 0.05) is 44.6 Å². The molecule has 23 heavy (non-hydrogen) atoms. The van der Waals surface area contributed by atoms with Crippen molar-refractivity contribution in [3.8, 4) is 0 Å². The van der Waals surface area contributed by atoms with Crippen molar-refractivity contribution in [1.82, 2.24) is 25.1 Å². The van der Waals surface area contributed by atoms with E-state index in [9.17, 15) is 0 Å². The lowest BCUT2D eigenvalue weighted by atomic mass is 10.3. The Kier molecular flexibility index (Phi) is 4.80. The zero-order valence-corrected chi connectivity index (χ0v) is 13.6. The Morgan fingerprint density at radius 2 is 1.83 bits per heavy atom. The predicted octanol–water partition coefficient (Wildman–Crippen LogP) is 1.20. The number of hydrogen-bond acceptors (Lipinski definition) is 8. The van der Waals surface area contributed by atoms with Gasteiger partial charge in [0.15, 0.2) is 5.82 Å². The molecule has 0 radical (unpaired) electrons. The number of hydrogen-bond donors (Lipinski definition) is 1. The van der Waals surface area contributed by atoms with Crippen LogP contribution in [0, 0.1) is 0 Å². The molecular weight excluding hydrogens is 292 g/mol. The van der Waals surface area contributed by atoms with Crippen LogP contribution in [0.2, 0.25) is 0 Å². The molecule has 0 bridgehead atoms. The van der Waals surface area contributed by atoms with E-state index in [2.05, 4.69) is 54.1 Å². The van der Waals surface area contributed by atoms with Crippen LogP contribution in [-0.4, -0.2) is 57.4 Å². The van der Waals surface area contributed by atoms with Crippen LogP contribution < -0.4 is 15.1 Å². The zero-order valence-electron chi connectivity index (χ0n) is 13.6. The van der Waals surface area contributed by atoms with Gasteiger partial charge in [-0.05, 0) is 19.4 Å². The average molecular weight is 314 g/mol.